The van der Waals surface area contributed by atoms with Gasteiger partial charge in [0.1, 0.15) is 6.10 Å². The molecule has 210 valence electrons. The molecule has 1 aromatic heterocycles. The molecule has 3 rings (SSSR count). The summed E-state index contributed by atoms with van der Waals surface area (Å²) in [7, 11) is 0.231. The average Bonchev–Trinajstić information content (AvgIpc) is 2.82. The zero-order chi connectivity index (χ0) is 28.6. The standard InChI is InChI=1S/C21H23F6N4O6P/c1-11-7-31(19(34)28-17(11)32)16-9-30(8-15(37-16)10-36-38(35)29(2)3)18(33)12-4-13(20(22,23)24)6-14(5-12)21(25,26)27/h4-7,15-16,38H,8-10H2,1-3H3,(H,28,32,34)/t15-,16+/m0/s1. The summed E-state index contributed by atoms with van der Waals surface area (Å²) in [6, 6.07) is 0.501. The van der Waals surface area contributed by atoms with Gasteiger partial charge in [0.25, 0.3) is 19.6 Å². The molecule has 2 heterocycles. The van der Waals surface area contributed by atoms with E-state index in [0.717, 1.165) is 15.7 Å². The highest BCUT2D eigenvalue weighted by molar-refractivity contribution is 7.36. The fraction of sp³-hybridized carbons (Fsp3) is 0.476. The highest BCUT2D eigenvalue weighted by Crippen LogP contribution is 2.37. The maximum atomic E-state index is 13.3. The molecular weight excluding hydrogens is 549 g/mol. The lowest BCUT2D eigenvalue weighted by atomic mass is 10.0. The molecule has 38 heavy (non-hydrogen) atoms. The van der Waals surface area contributed by atoms with Crippen molar-refractivity contribution in [1.82, 2.24) is 19.1 Å². The quantitative estimate of drug-likeness (QED) is 0.419. The van der Waals surface area contributed by atoms with Gasteiger partial charge in [-0.1, -0.05) is 0 Å². The fourth-order valence-electron chi connectivity index (χ4n) is 3.58. The minimum atomic E-state index is -5.17. The molecule has 1 aliphatic heterocycles. The van der Waals surface area contributed by atoms with Crippen molar-refractivity contribution in [3.8, 4) is 0 Å². The number of carbonyl (C=O) groups excluding carboxylic acids is 1. The Morgan fingerprint density at radius 2 is 1.68 bits per heavy atom. The molecule has 1 saturated heterocycles. The number of amides is 1. The molecule has 2 aromatic rings. The molecule has 3 atom stereocenters. The number of alkyl halides is 6. The van der Waals surface area contributed by atoms with E-state index in [-0.39, 0.29) is 24.8 Å². The number of benzene rings is 1. The van der Waals surface area contributed by atoms with E-state index in [2.05, 4.69) is 0 Å². The van der Waals surface area contributed by atoms with Crippen molar-refractivity contribution in [2.45, 2.75) is 31.6 Å². The Labute approximate surface area is 211 Å². The van der Waals surface area contributed by atoms with Crippen LogP contribution in [-0.4, -0.2) is 64.9 Å². The van der Waals surface area contributed by atoms with Gasteiger partial charge in [0, 0.05) is 23.9 Å². The second kappa shape index (κ2) is 11.0. The monoisotopic (exact) mass is 572 g/mol. The predicted octanol–water partition coefficient (Wildman–Crippen LogP) is 2.89. The maximum absolute atomic E-state index is 13.3. The van der Waals surface area contributed by atoms with E-state index in [4.69, 9.17) is 9.26 Å². The van der Waals surface area contributed by atoms with E-state index >= 15 is 0 Å². The van der Waals surface area contributed by atoms with E-state index in [1.54, 1.807) is 0 Å². The van der Waals surface area contributed by atoms with Gasteiger partial charge >= 0.3 is 18.0 Å². The van der Waals surface area contributed by atoms with E-state index in [0.29, 0.717) is 12.1 Å². The minimum absolute atomic E-state index is 0.0924. The molecular formula is C21H23F6N4O6P. The normalized spacial score (nSPS) is 19.6. The summed E-state index contributed by atoms with van der Waals surface area (Å²) < 4.78 is 105. The molecule has 0 bridgehead atoms. The molecule has 17 heteroatoms. The van der Waals surface area contributed by atoms with E-state index < -0.39 is 73.3 Å². The van der Waals surface area contributed by atoms with Gasteiger partial charge in [-0.3, -0.25) is 23.7 Å². The number of halogens is 6. The van der Waals surface area contributed by atoms with Crippen molar-refractivity contribution in [3.05, 3.63) is 67.5 Å². The van der Waals surface area contributed by atoms with Crippen molar-refractivity contribution in [1.29, 1.82) is 0 Å². The zero-order valence-corrected chi connectivity index (χ0v) is 21.1. The number of aromatic amines is 1. The number of nitrogens with one attached hydrogen (secondary N) is 1. The van der Waals surface area contributed by atoms with Crippen molar-refractivity contribution >= 4 is 14.1 Å². The molecule has 1 unspecified atom stereocenters. The molecule has 1 aliphatic rings. The summed E-state index contributed by atoms with van der Waals surface area (Å²) in [5, 5.41) is 0. The Hall–Kier alpha value is -2.94. The Kier molecular flexibility index (Phi) is 8.61. The van der Waals surface area contributed by atoms with E-state index in [1.165, 1.54) is 25.7 Å². The highest BCUT2D eigenvalue weighted by Gasteiger charge is 2.39. The lowest BCUT2D eigenvalue weighted by Gasteiger charge is -2.38. The van der Waals surface area contributed by atoms with Gasteiger partial charge in [0.2, 0.25) is 0 Å². The van der Waals surface area contributed by atoms with Crippen LogP contribution in [0.3, 0.4) is 0 Å². The molecule has 1 amide bonds. The Morgan fingerprint density at radius 3 is 2.21 bits per heavy atom. The van der Waals surface area contributed by atoms with Gasteiger partial charge in [0.05, 0.1) is 24.3 Å². The van der Waals surface area contributed by atoms with Gasteiger partial charge in [0.15, 0.2) is 6.23 Å². The number of aryl methyl sites for hydroxylation is 1. The third kappa shape index (κ3) is 6.92. The van der Waals surface area contributed by atoms with Crippen LogP contribution in [0.4, 0.5) is 26.3 Å². The highest BCUT2D eigenvalue weighted by atomic mass is 31.1. The van der Waals surface area contributed by atoms with Gasteiger partial charge in [-0.2, -0.15) is 26.3 Å². The Balaban J connectivity index is 2.02. The molecule has 1 N–H and O–H groups in total. The molecule has 10 nitrogen and oxygen atoms in total. The lowest BCUT2D eigenvalue weighted by molar-refractivity contribution is -0.143. The molecule has 0 saturated carbocycles. The number of ether oxygens (including phenoxy) is 1. The van der Waals surface area contributed by atoms with E-state index in [9.17, 15) is 45.3 Å². The summed E-state index contributed by atoms with van der Waals surface area (Å²) in [5.74, 6) is -1.20. The second-order valence-corrected chi connectivity index (χ2v) is 10.4. The summed E-state index contributed by atoms with van der Waals surface area (Å²) in [6.07, 6.45) is -11.6. The zero-order valence-electron chi connectivity index (χ0n) is 20.1. The Bertz CT molecular complexity index is 1310. The average molecular weight is 572 g/mol. The summed E-state index contributed by atoms with van der Waals surface area (Å²) in [5.41, 5.74) is -5.76. The Morgan fingerprint density at radius 1 is 1.11 bits per heavy atom. The first kappa shape index (κ1) is 29.6. The summed E-state index contributed by atoms with van der Waals surface area (Å²) in [4.78, 5) is 40.3. The third-order valence-corrected chi connectivity index (χ3v) is 6.63. The first-order chi connectivity index (χ1) is 17.5. The molecule has 0 spiro atoms. The summed E-state index contributed by atoms with van der Waals surface area (Å²) in [6.45, 7) is 0.156. The van der Waals surface area contributed by atoms with E-state index in [1.807, 2.05) is 4.98 Å². The van der Waals surface area contributed by atoms with Crippen LogP contribution in [0, 0.1) is 6.92 Å². The largest absolute Gasteiger partial charge is 0.416 e. The number of H-pyrrole nitrogens is 1. The van der Waals surface area contributed by atoms with Crippen molar-refractivity contribution in [2.75, 3.05) is 33.8 Å². The smallest absolute Gasteiger partial charge is 0.348 e. The topological polar surface area (TPSA) is 114 Å². The number of hydrogen-bond acceptors (Lipinski definition) is 6. The first-order valence-electron chi connectivity index (χ1n) is 10.9. The van der Waals surface area contributed by atoms with Crippen LogP contribution < -0.4 is 11.2 Å². The van der Waals surface area contributed by atoms with Crippen molar-refractivity contribution in [3.63, 3.8) is 0 Å². The van der Waals surface area contributed by atoms with Gasteiger partial charge < -0.3 is 14.2 Å². The lowest BCUT2D eigenvalue weighted by Crippen LogP contribution is -2.51. The number of hydrogen-bond donors (Lipinski definition) is 1. The van der Waals surface area contributed by atoms with Crippen LogP contribution >= 0.6 is 8.18 Å². The molecule has 1 fully saturated rings. The van der Waals surface area contributed by atoms with Crippen molar-refractivity contribution in [2.24, 2.45) is 0 Å². The molecule has 0 aliphatic carbocycles. The number of carbonyl (C=O) groups is 1. The number of nitrogens with zero attached hydrogens (tertiary/aromatic N) is 3. The SMILES string of the molecule is Cc1cn([C@H]2CN(C(=O)c3cc(C(F)(F)F)cc(C(F)(F)F)c3)C[C@@H](CO[PH](=O)N(C)C)O2)c(=O)[nH]c1=O. The van der Waals surface area contributed by atoms with Crippen LogP contribution in [-0.2, 0) is 26.2 Å². The summed E-state index contributed by atoms with van der Waals surface area (Å²) >= 11 is 0. The third-order valence-electron chi connectivity index (χ3n) is 5.49. The van der Waals surface area contributed by atoms with Crippen LogP contribution in [0.1, 0.15) is 33.3 Å². The minimum Gasteiger partial charge on any atom is -0.348 e. The predicted molar refractivity (Wildman–Crippen MR) is 121 cm³/mol. The van der Waals surface area contributed by atoms with Crippen LogP contribution in [0.15, 0.2) is 34.0 Å². The van der Waals surface area contributed by atoms with Crippen LogP contribution in [0.25, 0.3) is 0 Å². The van der Waals surface area contributed by atoms with Gasteiger partial charge in [-0.15, -0.1) is 0 Å². The van der Waals surface area contributed by atoms with Crippen molar-refractivity contribution < 1.29 is 45.0 Å². The first-order valence-corrected chi connectivity index (χ1v) is 12.1. The number of morpholine rings is 1. The fourth-order valence-corrected chi connectivity index (χ4v) is 4.17. The molecule has 0 radical (unpaired) electrons. The van der Waals surface area contributed by atoms with Gasteiger partial charge in [-0.05, 0) is 39.2 Å². The van der Waals surface area contributed by atoms with Crippen LogP contribution in [0.2, 0.25) is 0 Å². The second-order valence-electron chi connectivity index (χ2n) is 8.67. The maximum Gasteiger partial charge on any atom is 0.416 e. The van der Waals surface area contributed by atoms with Gasteiger partial charge in [-0.25, -0.2) is 9.46 Å². The molecule has 1 aromatic carbocycles. The number of aromatic nitrogens is 2. The van der Waals surface area contributed by atoms with Crippen LogP contribution in [0.5, 0.6) is 0 Å². The number of rotatable bonds is 6.